The quantitative estimate of drug-likeness (QED) is 0.126. The van der Waals surface area contributed by atoms with Crippen molar-refractivity contribution < 1.29 is 49.5 Å². The maximum absolute atomic E-state index is 14.6. The summed E-state index contributed by atoms with van der Waals surface area (Å²) >= 11 is 0. The molecule has 21 heteroatoms. The number of hydrogen-bond donors (Lipinski definition) is 2. The standard InChI is InChI=1S/C24H23FN4O3.C22H14F7N5O/c25-20-8-5-15(14-21-17-3-1-2-4-18(17)22(30)27-26-21)13-19(20)24(32)29-11-9-28(10-12-29)23(31)16-6-7-16;23-14-3-6-16(7-4-14)34(9-1-2-15-5-8-19(30)33-32-15)20(35)11-18-17(22(27,28)29)10-13(12-31-18)21(24,25)26/h1-5,8,13,16H,6-7,9-12,14H2,(H,27,30);3-8,10,12H,9,11H2,(H2,30,33). The average Bonchev–Trinajstić information content (AvgIpc) is 4.16. The Morgan fingerprint density at radius 2 is 1.49 bits per heavy atom. The van der Waals surface area contributed by atoms with E-state index in [0.717, 1.165) is 40.8 Å². The van der Waals surface area contributed by atoms with E-state index in [9.17, 15) is 54.3 Å². The molecule has 6 aromatic rings. The minimum absolute atomic E-state index is 0.0122. The number of pyridine rings is 1. The van der Waals surface area contributed by atoms with Gasteiger partial charge < -0.3 is 20.4 Å². The number of fused-ring (bicyclic) bond motifs is 1. The van der Waals surface area contributed by atoms with Crippen LogP contribution in [0, 0.1) is 29.4 Å². The average molecular weight is 932 g/mol. The van der Waals surface area contributed by atoms with E-state index in [4.69, 9.17) is 5.73 Å². The molecule has 13 nitrogen and oxygen atoms in total. The van der Waals surface area contributed by atoms with Crippen molar-refractivity contribution in [2.24, 2.45) is 5.92 Å². The monoisotopic (exact) mass is 931 g/mol. The summed E-state index contributed by atoms with van der Waals surface area (Å²) in [6.45, 7) is 1.39. The number of nitrogens with two attached hydrogens (primary N) is 1. The zero-order valence-corrected chi connectivity index (χ0v) is 35.0. The second-order valence-corrected chi connectivity index (χ2v) is 15.4. The second kappa shape index (κ2) is 19.8. The first-order valence-electron chi connectivity index (χ1n) is 20.5. The van der Waals surface area contributed by atoms with Crippen LogP contribution in [0.15, 0.2) is 95.9 Å². The number of H-pyrrole nitrogens is 1. The number of carbonyl (C=O) groups excluding carboxylic acids is 3. The first-order chi connectivity index (χ1) is 31.8. The fraction of sp³-hybridized carbons (Fsp3) is 0.261. The number of aromatic nitrogens is 5. The number of benzene rings is 3. The molecule has 2 fully saturated rings. The maximum Gasteiger partial charge on any atom is 0.418 e. The molecule has 1 saturated heterocycles. The molecule has 67 heavy (non-hydrogen) atoms. The number of alkyl halides is 6. The van der Waals surface area contributed by atoms with Gasteiger partial charge in [-0.05, 0) is 85.0 Å². The fourth-order valence-corrected chi connectivity index (χ4v) is 7.07. The van der Waals surface area contributed by atoms with E-state index in [1.54, 1.807) is 34.1 Å². The van der Waals surface area contributed by atoms with E-state index < -0.39 is 53.1 Å². The van der Waals surface area contributed by atoms with E-state index in [2.05, 4.69) is 37.2 Å². The van der Waals surface area contributed by atoms with Crippen molar-refractivity contribution in [1.29, 1.82) is 0 Å². The van der Waals surface area contributed by atoms with Gasteiger partial charge in [-0.15, -0.1) is 10.2 Å². The van der Waals surface area contributed by atoms with Crippen LogP contribution < -0.4 is 16.2 Å². The molecule has 1 aliphatic carbocycles. The number of nitrogen functional groups attached to an aromatic ring is 1. The van der Waals surface area contributed by atoms with Crippen molar-refractivity contribution in [2.75, 3.05) is 43.4 Å². The molecule has 0 unspecified atom stereocenters. The summed E-state index contributed by atoms with van der Waals surface area (Å²) in [6.07, 6.45) is -8.77. The largest absolute Gasteiger partial charge is 0.418 e. The number of amides is 3. The molecule has 0 spiro atoms. The Labute approximate surface area is 375 Å². The summed E-state index contributed by atoms with van der Waals surface area (Å²) in [6, 6.07) is 18.9. The van der Waals surface area contributed by atoms with Gasteiger partial charge in [-0.1, -0.05) is 30.2 Å². The molecule has 8 rings (SSSR count). The highest BCUT2D eigenvalue weighted by Crippen LogP contribution is 2.37. The minimum Gasteiger partial charge on any atom is -0.382 e. The number of halogens is 8. The number of carbonyl (C=O) groups is 3. The van der Waals surface area contributed by atoms with Crippen LogP contribution in [0.25, 0.3) is 10.8 Å². The molecular formula is C46H37F8N9O4. The van der Waals surface area contributed by atoms with E-state index in [1.165, 1.54) is 30.3 Å². The predicted molar refractivity (Wildman–Crippen MR) is 227 cm³/mol. The van der Waals surface area contributed by atoms with E-state index in [0.29, 0.717) is 43.7 Å². The Morgan fingerprint density at radius 3 is 2.13 bits per heavy atom. The predicted octanol–water partition coefficient (Wildman–Crippen LogP) is 6.61. The number of aromatic amines is 1. The van der Waals surface area contributed by atoms with Crippen molar-refractivity contribution in [3.8, 4) is 11.8 Å². The lowest BCUT2D eigenvalue weighted by atomic mass is 10.0. The van der Waals surface area contributed by atoms with Gasteiger partial charge in [0.25, 0.3) is 11.5 Å². The molecule has 346 valence electrons. The smallest absolute Gasteiger partial charge is 0.382 e. The zero-order chi connectivity index (χ0) is 48.0. The molecule has 3 aromatic heterocycles. The number of anilines is 2. The number of rotatable bonds is 8. The van der Waals surface area contributed by atoms with Gasteiger partial charge in [-0.2, -0.15) is 31.4 Å². The van der Waals surface area contributed by atoms with E-state index >= 15 is 0 Å². The van der Waals surface area contributed by atoms with Crippen molar-refractivity contribution in [3.05, 3.63) is 152 Å². The Hall–Kier alpha value is -7.76. The molecule has 2 aliphatic rings. The van der Waals surface area contributed by atoms with Crippen molar-refractivity contribution >= 4 is 40.0 Å². The summed E-state index contributed by atoms with van der Waals surface area (Å²) in [5.74, 6) is 3.12. The molecule has 1 aliphatic heterocycles. The van der Waals surface area contributed by atoms with Gasteiger partial charge in [0.2, 0.25) is 11.8 Å². The van der Waals surface area contributed by atoms with E-state index in [1.807, 2.05) is 12.1 Å². The minimum atomic E-state index is -5.20. The van der Waals surface area contributed by atoms with Gasteiger partial charge in [-0.3, -0.25) is 24.2 Å². The van der Waals surface area contributed by atoms with E-state index in [-0.39, 0.29) is 64.9 Å². The zero-order valence-electron chi connectivity index (χ0n) is 35.0. The van der Waals surface area contributed by atoms with Gasteiger partial charge in [0.05, 0.1) is 46.4 Å². The molecule has 0 atom stereocenters. The SMILES string of the molecule is Nc1ccc(C#CCN(C(=O)Cc2ncc(C(F)(F)F)cc2C(F)(F)F)c2ccc(F)cc2)nn1.O=C(c1cc(Cc2n[nH]c(=O)c3ccccc23)ccc1F)N1CCN(C(=O)C2CC2)CC1. The summed E-state index contributed by atoms with van der Waals surface area (Å²) in [7, 11) is 0. The molecule has 1 saturated carbocycles. The highest BCUT2D eigenvalue weighted by molar-refractivity contribution is 5.96. The number of hydrogen-bond acceptors (Lipinski definition) is 9. The Morgan fingerprint density at radius 1 is 0.806 bits per heavy atom. The molecular weight excluding hydrogens is 895 g/mol. The van der Waals surface area contributed by atoms with Gasteiger partial charge in [-0.25, -0.2) is 13.9 Å². The van der Waals surface area contributed by atoms with Crippen molar-refractivity contribution in [2.45, 2.75) is 38.0 Å². The van der Waals surface area contributed by atoms with Crippen LogP contribution in [0.4, 0.5) is 46.6 Å². The normalized spacial score (nSPS) is 13.9. The van der Waals surface area contributed by atoms with Crippen LogP contribution in [0.3, 0.4) is 0 Å². The lowest BCUT2D eigenvalue weighted by Crippen LogP contribution is -2.51. The third kappa shape index (κ3) is 11.7. The molecule has 4 heterocycles. The Balaban J connectivity index is 0.000000199. The molecule has 3 N–H and O–H groups in total. The highest BCUT2D eigenvalue weighted by atomic mass is 19.4. The molecule has 3 amide bonds. The summed E-state index contributed by atoms with van der Waals surface area (Å²) < 4.78 is 107. The Kier molecular flexibility index (Phi) is 13.9. The van der Waals surface area contributed by atoms with Gasteiger partial charge in [0, 0.05) is 55.8 Å². The summed E-state index contributed by atoms with van der Waals surface area (Å²) in [5.41, 5.74) is 2.63. The van der Waals surface area contributed by atoms with Crippen LogP contribution in [0.1, 0.15) is 57.0 Å². The van der Waals surface area contributed by atoms with Crippen LogP contribution in [-0.4, -0.2) is 85.6 Å². The number of nitrogens with zero attached hydrogens (tertiary/aromatic N) is 7. The number of nitrogens with one attached hydrogen (secondary N) is 1. The molecule has 0 bridgehead atoms. The maximum atomic E-state index is 14.6. The fourth-order valence-electron chi connectivity index (χ4n) is 7.07. The lowest BCUT2D eigenvalue weighted by molar-refractivity contribution is -0.144. The first-order valence-corrected chi connectivity index (χ1v) is 20.5. The van der Waals surface area contributed by atoms with Crippen LogP contribution in [0.5, 0.6) is 0 Å². The topological polar surface area (TPSA) is 171 Å². The van der Waals surface area contributed by atoms with Gasteiger partial charge in [0.15, 0.2) is 0 Å². The number of piperazine rings is 1. The van der Waals surface area contributed by atoms with Crippen LogP contribution >= 0.6 is 0 Å². The van der Waals surface area contributed by atoms with Crippen LogP contribution in [0.2, 0.25) is 0 Å². The lowest BCUT2D eigenvalue weighted by Gasteiger charge is -2.35. The molecule has 3 aromatic carbocycles. The second-order valence-electron chi connectivity index (χ2n) is 15.4. The van der Waals surface area contributed by atoms with Gasteiger partial charge in [0.1, 0.15) is 23.1 Å². The summed E-state index contributed by atoms with van der Waals surface area (Å²) in [4.78, 5) is 57.8. The molecule has 0 radical (unpaired) electrons. The van der Waals surface area contributed by atoms with Crippen molar-refractivity contribution in [3.63, 3.8) is 0 Å². The van der Waals surface area contributed by atoms with Crippen molar-refractivity contribution in [1.82, 2.24) is 35.2 Å². The highest BCUT2D eigenvalue weighted by Gasteiger charge is 2.40. The third-order valence-corrected chi connectivity index (χ3v) is 10.7. The summed E-state index contributed by atoms with van der Waals surface area (Å²) in [5, 5.41) is 15.2. The van der Waals surface area contributed by atoms with Crippen LogP contribution in [-0.2, 0) is 34.8 Å². The Bertz CT molecular complexity index is 2920. The third-order valence-electron chi connectivity index (χ3n) is 10.7. The van der Waals surface area contributed by atoms with Gasteiger partial charge >= 0.3 is 12.4 Å². The first kappa shape index (κ1) is 47.2.